The molecule has 1 heterocycles. The molecule has 3 nitrogen and oxygen atoms in total. The molecule has 0 saturated heterocycles. The van der Waals surface area contributed by atoms with E-state index >= 15 is 0 Å². The minimum atomic E-state index is -0.306. The van der Waals surface area contributed by atoms with Gasteiger partial charge in [0.15, 0.2) is 0 Å². The molecule has 0 saturated carbocycles. The van der Waals surface area contributed by atoms with Crippen LogP contribution in [0.15, 0.2) is 24.3 Å². The molecule has 18 heavy (non-hydrogen) atoms. The third-order valence-corrected chi connectivity index (χ3v) is 3.34. The van der Waals surface area contributed by atoms with E-state index in [1.807, 2.05) is 26.8 Å². The van der Waals surface area contributed by atoms with E-state index in [2.05, 4.69) is 28.8 Å². The first-order chi connectivity index (χ1) is 8.47. The Kier molecular flexibility index (Phi) is 3.60. The second-order valence-corrected chi connectivity index (χ2v) is 6.07. The van der Waals surface area contributed by atoms with Crippen molar-refractivity contribution in [1.82, 2.24) is 5.32 Å². The van der Waals surface area contributed by atoms with Crippen molar-refractivity contribution in [3.63, 3.8) is 0 Å². The molecule has 1 aromatic carbocycles. The molecule has 0 bridgehead atoms. The van der Waals surface area contributed by atoms with Crippen LogP contribution in [0.4, 0.5) is 5.69 Å². The average Bonchev–Trinajstić information content (AvgIpc) is 2.34. The fourth-order valence-corrected chi connectivity index (χ4v) is 2.15. The Morgan fingerprint density at radius 1 is 1.39 bits per heavy atom. The first-order valence-corrected chi connectivity index (χ1v) is 6.57. The number of carbonyl (C=O) groups excluding carboxylic acids is 1. The van der Waals surface area contributed by atoms with E-state index in [0.29, 0.717) is 5.92 Å². The van der Waals surface area contributed by atoms with Crippen LogP contribution >= 0.6 is 0 Å². The molecule has 0 spiro atoms. The highest BCUT2D eigenvalue weighted by atomic mass is 16.2. The fraction of sp³-hybridized carbons (Fsp3) is 0.533. The number of hydrogen-bond acceptors (Lipinski definition) is 2. The molecular formula is C15H22N2O. The minimum Gasteiger partial charge on any atom is -0.384 e. The summed E-state index contributed by atoms with van der Waals surface area (Å²) in [6.45, 7) is 7.50. The van der Waals surface area contributed by atoms with Crippen LogP contribution in [0.3, 0.4) is 0 Å². The second-order valence-electron chi connectivity index (χ2n) is 6.07. The van der Waals surface area contributed by atoms with Crippen LogP contribution in [-0.2, 0) is 11.2 Å². The Balaban J connectivity index is 1.89. The number of hydrogen-bond donors (Lipinski definition) is 2. The topological polar surface area (TPSA) is 41.1 Å². The van der Waals surface area contributed by atoms with E-state index < -0.39 is 0 Å². The van der Waals surface area contributed by atoms with E-state index in [4.69, 9.17) is 0 Å². The molecule has 2 N–H and O–H groups in total. The average molecular weight is 246 g/mol. The number of benzene rings is 1. The normalized spacial score (nSPS) is 18.7. The highest BCUT2D eigenvalue weighted by molar-refractivity contribution is 5.81. The molecule has 0 aromatic heterocycles. The summed E-state index contributed by atoms with van der Waals surface area (Å²) in [6, 6.07) is 8.38. The Labute approximate surface area is 109 Å². The van der Waals surface area contributed by atoms with Crippen LogP contribution in [0.2, 0.25) is 0 Å². The summed E-state index contributed by atoms with van der Waals surface area (Å²) >= 11 is 0. The summed E-state index contributed by atoms with van der Waals surface area (Å²) in [5.74, 6) is 0.604. The van der Waals surface area contributed by atoms with Crippen molar-refractivity contribution in [2.45, 2.75) is 27.2 Å². The Morgan fingerprint density at radius 2 is 2.11 bits per heavy atom. The van der Waals surface area contributed by atoms with Crippen LogP contribution in [0.5, 0.6) is 0 Å². The number of amides is 1. The summed E-state index contributed by atoms with van der Waals surface area (Å²) in [5, 5.41) is 6.47. The molecule has 2 rings (SSSR count). The fourth-order valence-electron chi connectivity index (χ4n) is 2.15. The van der Waals surface area contributed by atoms with Gasteiger partial charge in [-0.3, -0.25) is 4.79 Å². The zero-order chi connectivity index (χ0) is 13.2. The van der Waals surface area contributed by atoms with Crippen LogP contribution in [0.25, 0.3) is 0 Å². The van der Waals surface area contributed by atoms with Gasteiger partial charge >= 0.3 is 0 Å². The third kappa shape index (κ3) is 3.03. The quantitative estimate of drug-likeness (QED) is 0.841. The molecule has 1 aliphatic heterocycles. The predicted molar refractivity (Wildman–Crippen MR) is 74.6 cm³/mol. The maximum atomic E-state index is 11.8. The summed E-state index contributed by atoms with van der Waals surface area (Å²) in [6.07, 6.45) is 1.04. The first kappa shape index (κ1) is 12.9. The maximum Gasteiger partial charge on any atom is 0.225 e. The first-order valence-electron chi connectivity index (χ1n) is 6.57. The van der Waals surface area contributed by atoms with Gasteiger partial charge in [-0.25, -0.2) is 0 Å². The predicted octanol–water partition coefficient (Wildman–Crippen LogP) is 2.43. The number of rotatable bonds is 2. The van der Waals surface area contributed by atoms with E-state index in [1.165, 1.54) is 11.3 Å². The zero-order valence-electron chi connectivity index (χ0n) is 11.4. The SMILES string of the molecule is CC(C)(C)C(=O)NCC1CNc2ccccc2C1. The number of carbonyl (C=O) groups is 1. The molecular weight excluding hydrogens is 224 g/mol. The summed E-state index contributed by atoms with van der Waals surface area (Å²) in [5.41, 5.74) is 2.27. The van der Waals surface area contributed by atoms with E-state index in [1.54, 1.807) is 0 Å². The molecule has 3 heteroatoms. The number of para-hydroxylation sites is 1. The monoisotopic (exact) mass is 246 g/mol. The minimum absolute atomic E-state index is 0.126. The Hall–Kier alpha value is -1.51. The molecule has 1 atom stereocenters. The van der Waals surface area contributed by atoms with E-state index in [9.17, 15) is 4.79 Å². The van der Waals surface area contributed by atoms with Crippen LogP contribution in [0.1, 0.15) is 26.3 Å². The molecule has 1 aromatic rings. The molecule has 0 fully saturated rings. The van der Waals surface area contributed by atoms with Crippen molar-refractivity contribution in [2.75, 3.05) is 18.4 Å². The van der Waals surface area contributed by atoms with Crippen LogP contribution < -0.4 is 10.6 Å². The van der Waals surface area contributed by atoms with E-state index in [-0.39, 0.29) is 11.3 Å². The maximum absolute atomic E-state index is 11.8. The zero-order valence-corrected chi connectivity index (χ0v) is 11.4. The molecule has 1 amide bonds. The summed E-state index contributed by atoms with van der Waals surface area (Å²) in [4.78, 5) is 11.8. The van der Waals surface area contributed by atoms with Gasteiger partial charge in [-0.05, 0) is 24.0 Å². The van der Waals surface area contributed by atoms with Crippen LogP contribution in [0, 0.1) is 11.3 Å². The van der Waals surface area contributed by atoms with Crippen LogP contribution in [-0.4, -0.2) is 19.0 Å². The van der Waals surface area contributed by atoms with Crippen molar-refractivity contribution in [2.24, 2.45) is 11.3 Å². The summed E-state index contributed by atoms with van der Waals surface area (Å²) in [7, 11) is 0. The largest absolute Gasteiger partial charge is 0.384 e. The molecule has 1 aliphatic rings. The van der Waals surface area contributed by atoms with Gasteiger partial charge in [-0.15, -0.1) is 0 Å². The third-order valence-electron chi connectivity index (χ3n) is 3.34. The van der Waals surface area contributed by atoms with Crippen molar-refractivity contribution < 1.29 is 4.79 Å². The van der Waals surface area contributed by atoms with Gasteiger partial charge in [0.25, 0.3) is 0 Å². The second kappa shape index (κ2) is 5.01. The van der Waals surface area contributed by atoms with Gasteiger partial charge in [0.2, 0.25) is 5.91 Å². The Bertz CT molecular complexity index is 434. The lowest BCUT2D eigenvalue weighted by Crippen LogP contribution is -2.40. The summed E-state index contributed by atoms with van der Waals surface area (Å²) < 4.78 is 0. The number of nitrogens with one attached hydrogen (secondary N) is 2. The smallest absolute Gasteiger partial charge is 0.225 e. The standard InChI is InChI=1S/C15H22N2O/c1-15(2,3)14(18)17-10-11-8-12-6-4-5-7-13(12)16-9-11/h4-7,11,16H,8-10H2,1-3H3,(H,17,18). The number of fused-ring (bicyclic) bond motifs is 1. The van der Waals surface area contributed by atoms with Gasteiger partial charge in [0, 0.05) is 24.2 Å². The van der Waals surface area contributed by atoms with E-state index in [0.717, 1.165) is 19.5 Å². The molecule has 0 aliphatic carbocycles. The van der Waals surface area contributed by atoms with Gasteiger partial charge in [0.1, 0.15) is 0 Å². The lowest BCUT2D eigenvalue weighted by Gasteiger charge is -2.27. The van der Waals surface area contributed by atoms with Gasteiger partial charge in [0.05, 0.1) is 0 Å². The molecule has 98 valence electrons. The van der Waals surface area contributed by atoms with Crippen molar-refractivity contribution >= 4 is 11.6 Å². The number of anilines is 1. The highest BCUT2D eigenvalue weighted by Crippen LogP contribution is 2.24. The molecule has 0 radical (unpaired) electrons. The van der Waals surface area contributed by atoms with Crippen molar-refractivity contribution in [1.29, 1.82) is 0 Å². The lowest BCUT2D eigenvalue weighted by atomic mass is 9.92. The van der Waals surface area contributed by atoms with Gasteiger partial charge < -0.3 is 10.6 Å². The Morgan fingerprint density at radius 3 is 2.83 bits per heavy atom. The highest BCUT2D eigenvalue weighted by Gasteiger charge is 2.23. The van der Waals surface area contributed by atoms with Gasteiger partial charge in [-0.2, -0.15) is 0 Å². The lowest BCUT2D eigenvalue weighted by molar-refractivity contribution is -0.128. The van der Waals surface area contributed by atoms with Gasteiger partial charge in [-0.1, -0.05) is 39.0 Å². The molecule has 1 unspecified atom stereocenters. The van der Waals surface area contributed by atoms with Crippen molar-refractivity contribution in [3.8, 4) is 0 Å². The van der Waals surface area contributed by atoms with Crippen molar-refractivity contribution in [3.05, 3.63) is 29.8 Å².